The van der Waals surface area contributed by atoms with Gasteiger partial charge < -0.3 is 14.2 Å². The second-order valence-electron chi connectivity index (χ2n) is 4.01. The first-order valence-electron chi connectivity index (χ1n) is 4.94. The molecule has 1 unspecified atom stereocenters. The Morgan fingerprint density at radius 1 is 1.32 bits per heavy atom. The van der Waals surface area contributed by atoms with Gasteiger partial charge in [-0.2, -0.15) is 17.6 Å². The number of rotatable bonds is 7. The lowest BCUT2D eigenvalue weighted by atomic mass is 10.4. The molecule has 1 rings (SSSR count). The van der Waals surface area contributed by atoms with Crippen molar-refractivity contribution in [2.24, 2.45) is 0 Å². The molecule has 1 aliphatic rings. The molecule has 1 aliphatic heterocycles. The lowest BCUT2D eigenvalue weighted by Gasteiger charge is -2.25. The van der Waals surface area contributed by atoms with Gasteiger partial charge in [-0.1, -0.05) is 0 Å². The minimum absolute atomic E-state index is 0.0775. The van der Waals surface area contributed by atoms with Crippen LogP contribution in [0.1, 0.15) is 13.8 Å². The zero-order valence-corrected chi connectivity index (χ0v) is 10.6. The van der Waals surface area contributed by atoms with E-state index in [9.17, 15) is 22.1 Å². The number of ether oxygens (including phenoxy) is 3. The standard InChI is InChI=1S/C8H11F5O5S/c1-6(2)14-3-5(16-6)4-15-7(9,10)8(11,12)19-18-17-13/h5H,3-4H2,1-2H3. The average molecular weight is 314 g/mol. The Morgan fingerprint density at radius 2 is 1.95 bits per heavy atom. The molecular weight excluding hydrogens is 303 g/mol. The van der Waals surface area contributed by atoms with E-state index in [1.807, 2.05) is 0 Å². The van der Waals surface area contributed by atoms with Gasteiger partial charge in [0.15, 0.2) is 5.79 Å². The molecule has 0 radical (unpaired) electrons. The highest BCUT2D eigenvalue weighted by Gasteiger charge is 2.61. The van der Waals surface area contributed by atoms with Crippen LogP contribution in [0.3, 0.4) is 0 Å². The van der Waals surface area contributed by atoms with Crippen molar-refractivity contribution in [1.82, 2.24) is 0 Å². The van der Waals surface area contributed by atoms with Gasteiger partial charge in [-0.05, 0) is 23.5 Å². The molecule has 19 heavy (non-hydrogen) atoms. The second-order valence-corrected chi connectivity index (χ2v) is 4.83. The Balaban J connectivity index is 2.46. The van der Waals surface area contributed by atoms with Crippen molar-refractivity contribution < 1.29 is 45.7 Å². The van der Waals surface area contributed by atoms with Gasteiger partial charge in [0.05, 0.1) is 13.2 Å². The quantitative estimate of drug-likeness (QED) is 0.312. The lowest BCUT2D eigenvalue weighted by molar-refractivity contribution is -0.368. The van der Waals surface area contributed by atoms with Crippen LogP contribution in [0, 0.1) is 0 Å². The van der Waals surface area contributed by atoms with Gasteiger partial charge in [-0.3, -0.25) is 0 Å². The van der Waals surface area contributed by atoms with Crippen LogP contribution in [-0.2, 0) is 23.6 Å². The van der Waals surface area contributed by atoms with Crippen molar-refractivity contribution in [3.63, 3.8) is 0 Å². The molecule has 0 bridgehead atoms. The Bertz CT molecular complexity index is 303. The van der Waals surface area contributed by atoms with E-state index < -0.39 is 41.9 Å². The molecule has 1 atom stereocenters. The van der Waals surface area contributed by atoms with Gasteiger partial charge >= 0.3 is 11.4 Å². The van der Waals surface area contributed by atoms with Gasteiger partial charge in [-0.15, -0.1) is 4.33 Å². The summed E-state index contributed by atoms with van der Waals surface area (Å²) in [6.07, 6.45) is -5.81. The number of hydrogen-bond acceptors (Lipinski definition) is 6. The Morgan fingerprint density at radius 3 is 2.42 bits per heavy atom. The molecule has 0 aromatic carbocycles. The summed E-state index contributed by atoms with van der Waals surface area (Å²) in [4.78, 5) is 0. The summed E-state index contributed by atoms with van der Waals surface area (Å²) in [6, 6.07) is 0. The van der Waals surface area contributed by atoms with Crippen molar-refractivity contribution in [3.05, 3.63) is 0 Å². The molecular formula is C8H11F5O5S. The average Bonchev–Trinajstić information content (AvgIpc) is 2.64. The molecule has 0 aromatic heterocycles. The van der Waals surface area contributed by atoms with E-state index >= 15 is 0 Å². The molecule has 11 heteroatoms. The maximum Gasteiger partial charge on any atom is 0.432 e. The molecule has 0 amide bonds. The minimum atomic E-state index is -4.90. The highest BCUT2D eigenvalue weighted by molar-refractivity contribution is 7.95. The summed E-state index contributed by atoms with van der Waals surface area (Å²) in [5.41, 5.74) is 0. The first-order valence-corrected chi connectivity index (χ1v) is 5.68. The monoisotopic (exact) mass is 314 g/mol. The molecule has 0 aromatic rings. The summed E-state index contributed by atoms with van der Waals surface area (Å²) >= 11 is -1.21. The third-order valence-electron chi connectivity index (χ3n) is 2.02. The van der Waals surface area contributed by atoms with E-state index in [1.54, 1.807) is 0 Å². The fourth-order valence-corrected chi connectivity index (χ4v) is 1.50. The molecule has 1 fully saturated rings. The van der Waals surface area contributed by atoms with Gasteiger partial charge in [-0.25, -0.2) is 0 Å². The van der Waals surface area contributed by atoms with Gasteiger partial charge in [0.2, 0.25) is 0 Å². The fourth-order valence-electron chi connectivity index (χ4n) is 1.23. The van der Waals surface area contributed by atoms with Gasteiger partial charge in [0.25, 0.3) is 0 Å². The van der Waals surface area contributed by atoms with Crippen LogP contribution >= 0.6 is 12.0 Å². The maximum absolute atomic E-state index is 13.0. The van der Waals surface area contributed by atoms with Crippen LogP contribution in [0.5, 0.6) is 0 Å². The van der Waals surface area contributed by atoms with Crippen LogP contribution < -0.4 is 0 Å². The first kappa shape index (κ1) is 16.9. The van der Waals surface area contributed by atoms with Gasteiger partial charge in [0.1, 0.15) is 18.1 Å². The molecule has 0 N–H and O–H groups in total. The third kappa shape index (κ3) is 4.68. The Kier molecular flexibility index (Phi) is 5.37. The van der Waals surface area contributed by atoms with Crippen LogP contribution in [-0.4, -0.2) is 36.5 Å². The molecule has 114 valence electrons. The zero-order valence-electron chi connectivity index (χ0n) is 9.83. The van der Waals surface area contributed by atoms with E-state index in [2.05, 4.69) is 14.2 Å². The molecule has 0 spiro atoms. The molecule has 0 saturated carbocycles. The normalized spacial score (nSPS) is 23.8. The van der Waals surface area contributed by atoms with E-state index in [0.717, 1.165) is 0 Å². The van der Waals surface area contributed by atoms with Crippen LogP contribution in [0.4, 0.5) is 22.1 Å². The first-order chi connectivity index (χ1) is 8.60. The summed E-state index contributed by atoms with van der Waals surface area (Å²) in [5.74, 6) is -0.994. The van der Waals surface area contributed by atoms with Crippen molar-refractivity contribution >= 4 is 12.0 Å². The number of alkyl halides is 4. The maximum atomic E-state index is 13.0. The van der Waals surface area contributed by atoms with Crippen molar-refractivity contribution in [2.45, 2.75) is 37.1 Å². The summed E-state index contributed by atoms with van der Waals surface area (Å²) in [6.45, 7) is 2.15. The van der Waals surface area contributed by atoms with Crippen LogP contribution in [0.2, 0.25) is 0 Å². The topological polar surface area (TPSA) is 46.2 Å². The number of hydrogen-bond donors (Lipinski definition) is 0. The molecule has 1 heterocycles. The van der Waals surface area contributed by atoms with E-state index in [4.69, 9.17) is 9.47 Å². The van der Waals surface area contributed by atoms with E-state index in [0.29, 0.717) is 0 Å². The summed E-state index contributed by atoms with van der Waals surface area (Å²) < 4.78 is 79.8. The van der Waals surface area contributed by atoms with Gasteiger partial charge in [0, 0.05) is 0 Å². The highest BCUT2D eigenvalue weighted by Crippen LogP contribution is 2.44. The largest absolute Gasteiger partial charge is 0.432 e. The van der Waals surface area contributed by atoms with Crippen LogP contribution in [0.15, 0.2) is 0 Å². The van der Waals surface area contributed by atoms with E-state index in [-0.39, 0.29) is 6.61 Å². The fraction of sp³-hybridized carbons (Fsp3) is 1.00. The third-order valence-corrected chi connectivity index (χ3v) is 2.59. The smallest absolute Gasteiger partial charge is 0.348 e. The molecule has 0 aliphatic carbocycles. The molecule has 5 nitrogen and oxygen atoms in total. The van der Waals surface area contributed by atoms with E-state index in [1.165, 1.54) is 13.8 Å². The van der Waals surface area contributed by atoms with Crippen LogP contribution in [0.25, 0.3) is 0 Å². The highest BCUT2D eigenvalue weighted by atomic mass is 32.2. The minimum Gasteiger partial charge on any atom is -0.348 e. The predicted octanol–water partition coefficient (Wildman–Crippen LogP) is 2.82. The zero-order chi connectivity index (χ0) is 14.7. The Hall–Kier alpha value is -0.200. The predicted molar refractivity (Wildman–Crippen MR) is 51.6 cm³/mol. The lowest BCUT2D eigenvalue weighted by Crippen LogP contribution is -2.42. The summed E-state index contributed by atoms with van der Waals surface area (Å²) in [5, 5.41) is -2.51. The van der Waals surface area contributed by atoms with Crippen molar-refractivity contribution in [3.8, 4) is 0 Å². The van der Waals surface area contributed by atoms with Crippen molar-refractivity contribution in [1.29, 1.82) is 0 Å². The number of halogens is 5. The Labute approximate surface area is 109 Å². The SMILES string of the molecule is CC1(C)OCC(COC(F)(F)C(F)(F)SOOF)O1. The molecule has 1 saturated heterocycles. The second kappa shape index (κ2) is 6.06. The van der Waals surface area contributed by atoms with Crippen molar-refractivity contribution in [2.75, 3.05) is 13.2 Å². The summed E-state index contributed by atoms with van der Waals surface area (Å²) in [7, 11) is 0.